The van der Waals surface area contributed by atoms with Crippen molar-refractivity contribution in [2.45, 2.75) is 25.9 Å². The molecular weight excluding hydrogens is 437 g/mol. The van der Waals surface area contributed by atoms with E-state index in [2.05, 4.69) is 25.3 Å². The maximum atomic E-state index is 13.0. The molecule has 1 aromatic heterocycles. The second-order valence-corrected chi connectivity index (χ2v) is 8.40. The highest BCUT2D eigenvalue weighted by Gasteiger charge is 2.26. The Morgan fingerprint density at radius 1 is 1.12 bits per heavy atom. The van der Waals surface area contributed by atoms with E-state index in [9.17, 15) is 9.18 Å². The van der Waals surface area contributed by atoms with E-state index in [4.69, 9.17) is 9.26 Å². The number of nitrogens with one attached hydrogen (secondary N) is 1. The van der Waals surface area contributed by atoms with Crippen LogP contribution in [0.1, 0.15) is 18.4 Å². The molecule has 1 atom stereocenters. The molecule has 4 rings (SSSR count). The van der Waals surface area contributed by atoms with Crippen molar-refractivity contribution in [2.24, 2.45) is 0 Å². The molecule has 1 saturated heterocycles. The standard InChI is InChI=1S/C25H30FN5O3/c1-18(25(32)27-12-11-19-3-7-21(26)8-4-19)31-15-13-30(14-16-31)17-23-28-24(29-34-23)20-5-9-22(33-2)10-6-20/h3-10,18H,11-17H2,1-2H3,(H,27,32)/t18-/m1/s1. The Labute approximate surface area is 198 Å². The van der Waals surface area contributed by atoms with Gasteiger partial charge in [-0.3, -0.25) is 14.6 Å². The number of carbonyl (C=O) groups is 1. The summed E-state index contributed by atoms with van der Waals surface area (Å²) in [4.78, 5) is 21.5. The molecule has 1 aliphatic rings. The topological polar surface area (TPSA) is 83.7 Å². The summed E-state index contributed by atoms with van der Waals surface area (Å²) in [5.41, 5.74) is 1.87. The molecule has 0 bridgehead atoms. The first kappa shape index (κ1) is 23.8. The van der Waals surface area contributed by atoms with Crippen LogP contribution in [-0.4, -0.2) is 71.7 Å². The number of methoxy groups -OCH3 is 1. The summed E-state index contributed by atoms with van der Waals surface area (Å²) < 4.78 is 23.6. The zero-order valence-corrected chi connectivity index (χ0v) is 19.5. The minimum atomic E-state index is -0.252. The van der Waals surface area contributed by atoms with Crippen molar-refractivity contribution in [1.29, 1.82) is 0 Å². The van der Waals surface area contributed by atoms with Crippen LogP contribution < -0.4 is 10.1 Å². The maximum absolute atomic E-state index is 13.0. The number of benzene rings is 2. The number of ether oxygens (including phenoxy) is 1. The van der Waals surface area contributed by atoms with Crippen molar-refractivity contribution in [2.75, 3.05) is 39.8 Å². The molecule has 8 nitrogen and oxygen atoms in total. The van der Waals surface area contributed by atoms with Crippen molar-refractivity contribution < 1.29 is 18.4 Å². The van der Waals surface area contributed by atoms with Gasteiger partial charge in [0.2, 0.25) is 17.6 Å². The normalized spacial score (nSPS) is 15.7. The number of carbonyl (C=O) groups excluding carboxylic acids is 1. The minimum absolute atomic E-state index is 0.0107. The van der Waals surface area contributed by atoms with Gasteiger partial charge in [0, 0.05) is 38.3 Å². The molecule has 3 aromatic rings. The molecule has 0 spiro atoms. The van der Waals surface area contributed by atoms with Crippen LogP contribution in [0, 0.1) is 5.82 Å². The zero-order chi connectivity index (χ0) is 23.9. The van der Waals surface area contributed by atoms with Crippen LogP contribution in [0.5, 0.6) is 5.75 Å². The molecule has 0 unspecified atom stereocenters. The van der Waals surface area contributed by atoms with Gasteiger partial charge in [-0.1, -0.05) is 17.3 Å². The number of halogens is 1. The lowest BCUT2D eigenvalue weighted by atomic mass is 10.1. The van der Waals surface area contributed by atoms with Crippen LogP contribution in [0.25, 0.3) is 11.4 Å². The SMILES string of the molecule is COc1ccc(-c2noc(CN3CCN([C@H](C)C(=O)NCCc4ccc(F)cc4)CC3)n2)cc1. The molecule has 0 radical (unpaired) electrons. The molecule has 0 saturated carbocycles. The van der Waals surface area contributed by atoms with Gasteiger partial charge in [-0.15, -0.1) is 0 Å². The summed E-state index contributed by atoms with van der Waals surface area (Å²) in [7, 11) is 1.63. The minimum Gasteiger partial charge on any atom is -0.497 e. The van der Waals surface area contributed by atoms with Gasteiger partial charge in [-0.05, 0) is 55.3 Å². The highest BCUT2D eigenvalue weighted by Crippen LogP contribution is 2.20. The lowest BCUT2D eigenvalue weighted by Gasteiger charge is -2.36. The maximum Gasteiger partial charge on any atom is 0.241 e. The van der Waals surface area contributed by atoms with E-state index < -0.39 is 0 Å². The van der Waals surface area contributed by atoms with Gasteiger partial charge in [-0.2, -0.15) is 4.98 Å². The second kappa shape index (κ2) is 11.2. The van der Waals surface area contributed by atoms with Crippen LogP contribution in [0.15, 0.2) is 53.1 Å². The second-order valence-electron chi connectivity index (χ2n) is 8.40. The summed E-state index contributed by atoms with van der Waals surface area (Å²) in [5, 5.41) is 7.08. The number of nitrogens with zero attached hydrogens (tertiary/aromatic N) is 4. The third kappa shape index (κ3) is 6.18. The van der Waals surface area contributed by atoms with E-state index in [-0.39, 0.29) is 17.8 Å². The molecule has 9 heteroatoms. The first-order chi connectivity index (χ1) is 16.5. The number of rotatable bonds is 9. The average molecular weight is 468 g/mol. The Morgan fingerprint density at radius 2 is 1.82 bits per heavy atom. The van der Waals surface area contributed by atoms with E-state index in [1.165, 1.54) is 12.1 Å². The highest BCUT2D eigenvalue weighted by atomic mass is 19.1. The van der Waals surface area contributed by atoms with E-state index in [0.29, 0.717) is 31.2 Å². The van der Waals surface area contributed by atoms with Crippen LogP contribution in [0.4, 0.5) is 4.39 Å². The Morgan fingerprint density at radius 3 is 2.50 bits per heavy atom. The summed E-state index contributed by atoms with van der Waals surface area (Å²) in [6.45, 7) is 6.23. The number of hydrogen-bond donors (Lipinski definition) is 1. The predicted molar refractivity (Wildman–Crippen MR) is 126 cm³/mol. The monoisotopic (exact) mass is 467 g/mol. The average Bonchev–Trinajstić information content (AvgIpc) is 3.33. The number of piperazine rings is 1. The Balaban J connectivity index is 1.20. The van der Waals surface area contributed by atoms with Gasteiger partial charge in [-0.25, -0.2) is 4.39 Å². The lowest BCUT2D eigenvalue weighted by molar-refractivity contribution is -0.126. The van der Waals surface area contributed by atoms with Crippen LogP contribution in [0.3, 0.4) is 0 Å². The fraction of sp³-hybridized carbons (Fsp3) is 0.400. The van der Waals surface area contributed by atoms with Crippen molar-refractivity contribution in [3.8, 4) is 17.1 Å². The summed E-state index contributed by atoms with van der Waals surface area (Å²) in [5.74, 6) is 1.67. The molecule has 2 heterocycles. The Kier molecular flexibility index (Phi) is 7.87. The molecule has 1 N–H and O–H groups in total. The smallest absolute Gasteiger partial charge is 0.241 e. The molecule has 2 aromatic carbocycles. The first-order valence-electron chi connectivity index (χ1n) is 11.5. The summed E-state index contributed by atoms with van der Waals surface area (Å²) >= 11 is 0. The summed E-state index contributed by atoms with van der Waals surface area (Å²) in [6.07, 6.45) is 0.676. The molecule has 1 aliphatic heterocycles. The van der Waals surface area contributed by atoms with Gasteiger partial charge in [0.05, 0.1) is 19.7 Å². The first-order valence-corrected chi connectivity index (χ1v) is 11.5. The zero-order valence-electron chi connectivity index (χ0n) is 19.5. The highest BCUT2D eigenvalue weighted by molar-refractivity contribution is 5.81. The number of aromatic nitrogens is 2. The van der Waals surface area contributed by atoms with E-state index in [1.54, 1.807) is 19.2 Å². The molecule has 1 amide bonds. The van der Waals surface area contributed by atoms with Crippen LogP contribution in [-0.2, 0) is 17.8 Å². The van der Waals surface area contributed by atoms with Crippen LogP contribution in [0.2, 0.25) is 0 Å². The number of hydrogen-bond acceptors (Lipinski definition) is 7. The van der Waals surface area contributed by atoms with Gasteiger partial charge >= 0.3 is 0 Å². The quantitative estimate of drug-likeness (QED) is 0.518. The van der Waals surface area contributed by atoms with Gasteiger partial charge in [0.15, 0.2) is 0 Å². The molecule has 180 valence electrons. The van der Waals surface area contributed by atoms with Crippen molar-refractivity contribution in [1.82, 2.24) is 25.3 Å². The third-order valence-electron chi connectivity index (χ3n) is 6.14. The van der Waals surface area contributed by atoms with E-state index in [1.807, 2.05) is 31.2 Å². The van der Waals surface area contributed by atoms with Gasteiger partial charge < -0.3 is 14.6 Å². The van der Waals surface area contributed by atoms with Crippen molar-refractivity contribution in [3.63, 3.8) is 0 Å². The van der Waals surface area contributed by atoms with Gasteiger partial charge in [0.1, 0.15) is 11.6 Å². The largest absolute Gasteiger partial charge is 0.497 e. The Bertz CT molecular complexity index is 1060. The fourth-order valence-electron chi connectivity index (χ4n) is 3.97. The third-order valence-corrected chi connectivity index (χ3v) is 6.14. The van der Waals surface area contributed by atoms with E-state index in [0.717, 1.165) is 43.1 Å². The molecule has 34 heavy (non-hydrogen) atoms. The Hall–Kier alpha value is -3.30. The molecule has 0 aliphatic carbocycles. The van der Waals surface area contributed by atoms with E-state index >= 15 is 0 Å². The molecule has 1 fully saturated rings. The fourth-order valence-corrected chi connectivity index (χ4v) is 3.97. The van der Waals surface area contributed by atoms with Crippen LogP contribution >= 0.6 is 0 Å². The number of amides is 1. The van der Waals surface area contributed by atoms with Crippen molar-refractivity contribution in [3.05, 3.63) is 65.8 Å². The van der Waals surface area contributed by atoms with Crippen molar-refractivity contribution >= 4 is 5.91 Å². The predicted octanol–water partition coefficient (Wildman–Crippen LogP) is 2.75. The lowest BCUT2D eigenvalue weighted by Crippen LogP contribution is -2.53. The molecular formula is C25H30FN5O3. The van der Waals surface area contributed by atoms with Gasteiger partial charge in [0.25, 0.3) is 0 Å². The summed E-state index contributed by atoms with van der Waals surface area (Å²) in [6, 6.07) is 13.7.